The lowest BCUT2D eigenvalue weighted by Crippen LogP contribution is -2.39. The molecule has 4 N–H and O–H groups in total. The summed E-state index contributed by atoms with van der Waals surface area (Å²) in [7, 11) is 0. The molecule has 3 rings (SSSR count). The number of nitrogens with two attached hydrogens (primary N) is 1. The Hall–Kier alpha value is -1.18. The molecule has 7 heteroatoms. The van der Waals surface area contributed by atoms with E-state index in [0.717, 1.165) is 25.5 Å². The highest BCUT2D eigenvalue weighted by atomic mass is 19.4. The number of rotatable bonds is 1. The van der Waals surface area contributed by atoms with Crippen LogP contribution >= 0.6 is 0 Å². The number of hydrazine groups is 1. The van der Waals surface area contributed by atoms with Gasteiger partial charge >= 0.3 is 6.18 Å². The summed E-state index contributed by atoms with van der Waals surface area (Å²) >= 11 is 0. The molecule has 1 saturated heterocycles. The average molecular weight is 286 g/mol. The van der Waals surface area contributed by atoms with Gasteiger partial charge in [0.05, 0.1) is 11.6 Å². The van der Waals surface area contributed by atoms with Gasteiger partial charge in [0.1, 0.15) is 0 Å². The fraction of sp³-hybridized carbons (Fsp3) is 0.615. The van der Waals surface area contributed by atoms with E-state index in [1.54, 1.807) is 0 Å². The molecule has 1 aromatic heterocycles. The summed E-state index contributed by atoms with van der Waals surface area (Å²) in [5.41, 5.74) is 12.1. The van der Waals surface area contributed by atoms with Gasteiger partial charge in [-0.2, -0.15) is 13.2 Å². The number of fused-ring (bicyclic) bond motifs is 1. The van der Waals surface area contributed by atoms with Gasteiger partial charge in [-0.25, -0.2) is 5.43 Å². The van der Waals surface area contributed by atoms with Crippen molar-refractivity contribution in [2.75, 3.05) is 0 Å². The molecule has 2 heterocycles. The second-order valence-corrected chi connectivity index (χ2v) is 5.61. The highest BCUT2D eigenvalue weighted by Gasteiger charge is 2.41. The van der Waals surface area contributed by atoms with Crippen LogP contribution in [-0.2, 0) is 6.18 Å². The Morgan fingerprint density at radius 3 is 2.75 bits per heavy atom. The standard InChI is InChI=1S/C13H17F3N4/c14-13(15,16)8-3-7(5-18-6-8)12-10-4-9(17)1-2-11(10)19-20-12/h3,5-6,9-12,19-20H,1-2,4,17H2. The van der Waals surface area contributed by atoms with E-state index in [1.807, 2.05) is 0 Å². The molecule has 1 aromatic rings. The molecule has 0 bridgehead atoms. The Morgan fingerprint density at radius 2 is 2.00 bits per heavy atom. The molecule has 1 aliphatic carbocycles. The Morgan fingerprint density at radius 1 is 1.20 bits per heavy atom. The molecule has 110 valence electrons. The summed E-state index contributed by atoms with van der Waals surface area (Å²) in [4.78, 5) is 3.73. The number of aromatic nitrogens is 1. The summed E-state index contributed by atoms with van der Waals surface area (Å²) in [6.45, 7) is 0. The molecule has 4 unspecified atom stereocenters. The predicted molar refractivity (Wildman–Crippen MR) is 67.4 cm³/mol. The van der Waals surface area contributed by atoms with Gasteiger partial charge in [0.15, 0.2) is 0 Å². The van der Waals surface area contributed by atoms with Gasteiger partial charge in [0.25, 0.3) is 0 Å². The van der Waals surface area contributed by atoms with Crippen LogP contribution in [0, 0.1) is 5.92 Å². The third kappa shape index (κ3) is 2.53. The van der Waals surface area contributed by atoms with E-state index in [4.69, 9.17) is 5.73 Å². The van der Waals surface area contributed by atoms with E-state index in [2.05, 4.69) is 15.8 Å². The summed E-state index contributed by atoms with van der Waals surface area (Å²) in [6, 6.07) is 1.41. The number of hydrogen-bond acceptors (Lipinski definition) is 4. The van der Waals surface area contributed by atoms with Crippen LogP contribution in [0.4, 0.5) is 13.2 Å². The fourth-order valence-corrected chi connectivity index (χ4v) is 3.20. The topological polar surface area (TPSA) is 63.0 Å². The molecule has 4 atom stereocenters. The van der Waals surface area contributed by atoms with Gasteiger partial charge < -0.3 is 5.73 Å². The van der Waals surface area contributed by atoms with Crippen molar-refractivity contribution in [2.45, 2.75) is 43.6 Å². The van der Waals surface area contributed by atoms with Crippen molar-refractivity contribution < 1.29 is 13.2 Å². The first-order valence-corrected chi connectivity index (χ1v) is 6.74. The quantitative estimate of drug-likeness (QED) is 0.736. The van der Waals surface area contributed by atoms with Crippen LogP contribution in [0.5, 0.6) is 0 Å². The van der Waals surface area contributed by atoms with Crippen LogP contribution in [0.3, 0.4) is 0 Å². The SMILES string of the molecule is NC1CCC2NNC(c3cncc(C(F)(F)F)c3)C2C1. The van der Waals surface area contributed by atoms with Crippen molar-refractivity contribution in [1.82, 2.24) is 15.8 Å². The van der Waals surface area contributed by atoms with Gasteiger partial charge in [-0.3, -0.25) is 10.4 Å². The molecule has 1 aliphatic heterocycles. The first-order valence-electron chi connectivity index (χ1n) is 6.74. The third-order valence-corrected chi connectivity index (χ3v) is 4.24. The number of hydrogen-bond donors (Lipinski definition) is 3. The minimum atomic E-state index is -4.36. The minimum Gasteiger partial charge on any atom is -0.328 e. The maximum Gasteiger partial charge on any atom is 0.417 e. The summed E-state index contributed by atoms with van der Waals surface area (Å²) in [5.74, 6) is 0.212. The number of alkyl halides is 3. The van der Waals surface area contributed by atoms with Crippen LogP contribution < -0.4 is 16.6 Å². The number of halogens is 3. The van der Waals surface area contributed by atoms with Gasteiger partial charge in [-0.05, 0) is 36.8 Å². The predicted octanol–water partition coefficient (Wildman–Crippen LogP) is 1.75. The molecule has 4 nitrogen and oxygen atoms in total. The fourth-order valence-electron chi connectivity index (χ4n) is 3.20. The molecule has 0 spiro atoms. The third-order valence-electron chi connectivity index (χ3n) is 4.24. The van der Waals surface area contributed by atoms with Gasteiger partial charge in [-0.15, -0.1) is 0 Å². The zero-order valence-electron chi connectivity index (χ0n) is 10.8. The molecule has 2 aliphatic rings. The van der Waals surface area contributed by atoms with Crippen molar-refractivity contribution in [3.8, 4) is 0 Å². The molecular formula is C13H17F3N4. The second-order valence-electron chi connectivity index (χ2n) is 5.61. The minimum absolute atomic E-state index is 0.124. The smallest absolute Gasteiger partial charge is 0.328 e. The summed E-state index contributed by atoms with van der Waals surface area (Å²) in [5, 5.41) is 0. The Kier molecular flexibility index (Phi) is 3.43. The number of nitrogens with one attached hydrogen (secondary N) is 2. The molecule has 2 fully saturated rings. The maximum absolute atomic E-state index is 12.8. The van der Waals surface area contributed by atoms with Crippen molar-refractivity contribution in [2.24, 2.45) is 11.7 Å². The van der Waals surface area contributed by atoms with E-state index in [1.165, 1.54) is 12.3 Å². The van der Waals surface area contributed by atoms with E-state index >= 15 is 0 Å². The molecular weight excluding hydrogens is 269 g/mol. The van der Waals surface area contributed by atoms with Crippen LogP contribution in [0.15, 0.2) is 18.5 Å². The molecule has 20 heavy (non-hydrogen) atoms. The Bertz CT molecular complexity index is 491. The maximum atomic E-state index is 12.8. The van der Waals surface area contributed by atoms with Crippen LogP contribution in [-0.4, -0.2) is 17.1 Å². The molecule has 1 saturated carbocycles. The first-order chi connectivity index (χ1) is 9.45. The van der Waals surface area contributed by atoms with E-state index in [9.17, 15) is 13.2 Å². The van der Waals surface area contributed by atoms with Crippen molar-refractivity contribution >= 4 is 0 Å². The van der Waals surface area contributed by atoms with Crippen molar-refractivity contribution in [3.05, 3.63) is 29.6 Å². The summed E-state index contributed by atoms with van der Waals surface area (Å²) < 4.78 is 38.3. The molecule has 0 radical (unpaired) electrons. The highest BCUT2D eigenvalue weighted by molar-refractivity contribution is 5.25. The zero-order valence-corrected chi connectivity index (χ0v) is 10.8. The average Bonchev–Trinajstić information content (AvgIpc) is 2.81. The van der Waals surface area contributed by atoms with E-state index in [0.29, 0.717) is 5.56 Å². The largest absolute Gasteiger partial charge is 0.417 e. The molecule has 0 aromatic carbocycles. The zero-order chi connectivity index (χ0) is 14.3. The Labute approximate surface area is 114 Å². The second kappa shape index (κ2) is 4.98. The highest BCUT2D eigenvalue weighted by Crippen LogP contribution is 2.38. The summed E-state index contributed by atoms with van der Waals surface area (Å²) in [6.07, 6.45) is 0.696. The van der Waals surface area contributed by atoms with Crippen LogP contribution in [0.25, 0.3) is 0 Å². The first kappa shape index (κ1) is 13.8. The van der Waals surface area contributed by atoms with E-state index < -0.39 is 11.7 Å². The van der Waals surface area contributed by atoms with Crippen LogP contribution in [0.2, 0.25) is 0 Å². The molecule has 0 amide bonds. The van der Waals surface area contributed by atoms with Gasteiger partial charge in [0.2, 0.25) is 0 Å². The van der Waals surface area contributed by atoms with Crippen molar-refractivity contribution in [3.63, 3.8) is 0 Å². The van der Waals surface area contributed by atoms with Gasteiger partial charge in [0, 0.05) is 24.5 Å². The Balaban J connectivity index is 1.86. The van der Waals surface area contributed by atoms with Crippen LogP contribution in [0.1, 0.15) is 36.4 Å². The lowest BCUT2D eigenvalue weighted by Gasteiger charge is -2.31. The van der Waals surface area contributed by atoms with E-state index in [-0.39, 0.29) is 24.0 Å². The lowest BCUT2D eigenvalue weighted by atomic mass is 9.78. The monoisotopic (exact) mass is 286 g/mol. The number of pyridine rings is 1. The number of nitrogens with zero attached hydrogens (tertiary/aromatic N) is 1. The van der Waals surface area contributed by atoms with Gasteiger partial charge in [-0.1, -0.05) is 0 Å². The lowest BCUT2D eigenvalue weighted by molar-refractivity contribution is -0.137. The van der Waals surface area contributed by atoms with Crippen molar-refractivity contribution in [1.29, 1.82) is 0 Å². The normalized spacial score (nSPS) is 34.0.